The summed E-state index contributed by atoms with van der Waals surface area (Å²) in [6, 6.07) is 6.15. The van der Waals surface area contributed by atoms with Gasteiger partial charge in [0.1, 0.15) is 0 Å². The number of rotatable bonds is 4. The maximum absolute atomic E-state index is 12.3. The predicted octanol–water partition coefficient (Wildman–Crippen LogP) is 3.63. The molecular weight excluding hydrogens is 290 g/mol. The number of carbonyl (C=O) groups is 1. The third kappa shape index (κ3) is 3.39. The van der Waals surface area contributed by atoms with Crippen LogP contribution in [0.1, 0.15) is 58.1 Å². The van der Waals surface area contributed by atoms with Crippen molar-refractivity contribution in [2.45, 2.75) is 59.1 Å². The Morgan fingerprint density at radius 1 is 1.39 bits per heavy atom. The highest BCUT2D eigenvalue weighted by atomic mass is 16.3. The minimum absolute atomic E-state index is 0.00392. The van der Waals surface area contributed by atoms with E-state index in [4.69, 9.17) is 0 Å². The molecule has 2 N–H and O–H groups in total. The minimum atomic E-state index is -0.0541. The van der Waals surface area contributed by atoms with Crippen LogP contribution >= 0.6 is 0 Å². The van der Waals surface area contributed by atoms with Crippen LogP contribution in [0.4, 0.5) is 5.95 Å². The number of fused-ring (bicyclic) bond motifs is 1. The predicted molar refractivity (Wildman–Crippen MR) is 91.2 cm³/mol. The Labute approximate surface area is 136 Å². The van der Waals surface area contributed by atoms with Gasteiger partial charge in [-0.1, -0.05) is 26.8 Å². The maximum Gasteiger partial charge on any atom is 0.227 e. The molecule has 1 aliphatic rings. The number of amides is 1. The van der Waals surface area contributed by atoms with E-state index < -0.39 is 0 Å². The Bertz CT molecular complexity index is 724. The normalized spacial score (nSPS) is 15.7. The van der Waals surface area contributed by atoms with Crippen LogP contribution in [0.25, 0.3) is 11.0 Å². The summed E-state index contributed by atoms with van der Waals surface area (Å²) in [4.78, 5) is 16.9. The molecule has 0 radical (unpaired) electrons. The highest BCUT2D eigenvalue weighted by Gasteiger charge is 2.26. The molecule has 3 rings (SSSR count). The van der Waals surface area contributed by atoms with Gasteiger partial charge in [-0.15, -0.1) is 0 Å². The van der Waals surface area contributed by atoms with Crippen molar-refractivity contribution in [3.8, 4) is 0 Å². The lowest BCUT2D eigenvalue weighted by molar-refractivity contribution is -0.117. The molecule has 1 fully saturated rings. The molecule has 23 heavy (non-hydrogen) atoms. The number of imidazole rings is 1. The van der Waals surface area contributed by atoms with Gasteiger partial charge in [0, 0.05) is 12.5 Å². The molecule has 0 saturated heterocycles. The number of benzene rings is 1. The Hall–Kier alpha value is -1.88. The Kier molecular flexibility index (Phi) is 4.15. The van der Waals surface area contributed by atoms with E-state index in [0.717, 1.165) is 29.4 Å². The lowest BCUT2D eigenvalue weighted by atomic mass is 9.92. The van der Waals surface area contributed by atoms with Crippen molar-refractivity contribution < 1.29 is 9.90 Å². The molecule has 0 unspecified atom stereocenters. The van der Waals surface area contributed by atoms with Crippen LogP contribution in [0.5, 0.6) is 0 Å². The lowest BCUT2D eigenvalue weighted by Gasteiger charge is -2.29. The molecule has 1 aliphatic carbocycles. The second kappa shape index (κ2) is 5.96. The molecule has 1 aromatic heterocycles. The van der Waals surface area contributed by atoms with Crippen LogP contribution in [0, 0.1) is 5.41 Å². The van der Waals surface area contributed by atoms with E-state index >= 15 is 0 Å². The second-order valence-corrected chi connectivity index (χ2v) is 7.66. The van der Waals surface area contributed by atoms with Crippen molar-refractivity contribution in [3.05, 3.63) is 23.8 Å². The minimum Gasteiger partial charge on any atom is -0.392 e. The Morgan fingerprint density at radius 2 is 2.13 bits per heavy atom. The number of carbonyl (C=O) groups excluding carboxylic acids is 1. The molecular formula is C18H25N3O2. The second-order valence-electron chi connectivity index (χ2n) is 7.66. The fourth-order valence-electron chi connectivity index (χ4n) is 2.99. The zero-order valence-corrected chi connectivity index (χ0v) is 14.1. The molecule has 0 aliphatic heterocycles. The van der Waals surface area contributed by atoms with Crippen LogP contribution in [0.3, 0.4) is 0 Å². The summed E-state index contributed by atoms with van der Waals surface area (Å²) in [6.07, 6.45) is 3.88. The van der Waals surface area contributed by atoms with E-state index in [-0.39, 0.29) is 17.9 Å². The molecule has 0 spiro atoms. The summed E-state index contributed by atoms with van der Waals surface area (Å²) in [5, 5.41) is 12.4. The molecule has 2 aromatic rings. The molecule has 1 saturated carbocycles. The molecule has 124 valence electrons. The third-order valence-corrected chi connectivity index (χ3v) is 4.32. The van der Waals surface area contributed by atoms with Gasteiger partial charge in [0.25, 0.3) is 0 Å². The van der Waals surface area contributed by atoms with Crippen molar-refractivity contribution in [2.75, 3.05) is 5.32 Å². The van der Waals surface area contributed by atoms with Gasteiger partial charge in [0.05, 0.1) is 17.6 Å². The van der Waals surface area contributed by atoms with Crippen LogP contribution in [0.15, 0.2) is 18.2 Å². The van der Waals surface area contributed by atoms with E-state index in [1.54, 1.807) is 0 Å². The molecule has 0 atom stereocenters. The quantitative estimate of drug-likeness (QED) is 0.905. The first-order valence-corrected chi connectivity index (χ1v) is 8.29. The Morgan fingerprint density at radius 3 is 2.70 bits per heavy atom. The number of aliphatic hydroxyl groups is 1. The summed E-state index contributed by atoms with van der Waals surface area (Å²) in [7, 11) is 0. The first kappa shape index (κ1) is 16.0. The van der Waals surface area contributed by atoms with E-state index in [9.17, 15) is 9.90 Å². The van der Waals surface area contributed by atoms with Crippen LogP contribution in [0.2, 0.25) is 0 Å². The summed E-state index contributed by atoms with van der Waals surface area (Å²) in [6.45, 7) is 6.16. The number of nitrogens with zero attached hydrogens (tertiary/aromatic N) is 2. The summed E-state index contributed by atoms with van der Waals surface area (Å²) < 4.78 is 2.14. The largest absolute Gasteiger partial charge is 0.392 e. The van der Waals surface area contributed by atoms with Crippen LogP contribution < -0.4 is 5.32 Å². The van der Waals surface area contributed by atoms with Crippen molar-refractivity contribution in [1.82, 2.24) is 9.55 Å². The topological polar surface area (TPSA) is 67.2 Å². The molecule has 5 nitrogen and oxygen atoms in total. The van der Waals surface area contributed by atoms with E-state index in [0.29, 0.717) is 18.4 Å². The Balaban J connectivity index is 1.97. The smallest absolute Gasteiger partial charge is 0.227 e. The fraction of sp³-hybridized carbons (Fsp3) is 0.556. The highest BCUT2D eigenvalue weighted by molar-refractivity contribution is 5.92. The number of aliphatic hydroxyl groups excluding tert-OH is 1. The van der Waals surface area contributed by atoms with Gasteiger partial charge in [0.2, 0.25) is 11.9 Å². The van der Waals surface area contributed by atoms with Crippen molar-refractivity contribution in [1.29, 1.82) is 0 Å². The van der Waals surface area contributed by atoms with Crippen molar-refractivity contribution in [3.63, 3.8) is 0 Å². The standard InChI is InChI=1S/C18H25N3O2/c1-18(2,3)10-16(23)20-17-19-14-8-7-12(11-22)9-15(14)21(17)13-5-4-6-13/h7-9,13,22H,4-6,10-11H2,1-3H3,(H,19,20,23). The van der Waals surface area contributed by atoms with Gasteiger partial charge in [-0.25, -0.2) is 4.98 Å². The first-order chi connectivity index (χ1) is 10.9. The van der Waals surface area contributed by atoms with Crippen molar-refractivity contribution in [2.24, 2.45) is 5.41 Å². The molecule has 1 heterocycles. The fourth-order valence-corrected chi connectivity index (χ4v) is 2.99. The molecule has 0 bridgehead atoms. The van der Waals surface area contributed by atoms with E-state index in [2.05, 4.69) is 35.6 Å². The average molecular weight is 315 g/mol. The number of anilines is 1. The molecule has 5 heteroatoms. The maximum atomic E-state index is 12.3. The van der Waals surface area contributed by atoms with Gasteiger partial charge in [0.15, 0.2) is 0 Å². The van der Waals surface area contributed by atoms with Gasteiger partial charge >= 0.3 is 0 Å². The number of hydrogen-bond donors (Lipinski definition) is 2. The van der Waals surface area contributed by atoms with Gasteiger partial charge in [-0.05, 0) is 42.4 Å². The number of aromatic nitrogens is 2. The van der Waals surface area contributed by atoms with Crippen LogP contribution in [-0.4, -0.2) is 20.6 Å². The molecule has 1 amide bonds. The third-order valence-electron chi connectivity index (χ3n) is 4.32. The van der Waals surface area contributed by atoms with Gasteiger partial charge < -0.3 is 9.67 Å². The monoisotopic (exact) mass is 315 g/mol. The van der Waals surface area contributed by atoms with Gasteiger partial charge in [-0.2, -0.15) is 0 Å². The zero-order valence-electron chi connectivity index (χ0n) is 14.1. The van der Waals surface area contributed by atoms with E-state index in [1.807, 2.05) is 18.2 Å². The van der Waals surface area contributed by atoms with E-state index in [1.165, 1.54) is 6.42 Å². The summed E-state index contributed by atoms with van der Waals surface area (Å²) in [5.74, 6) is 0.629. The average Bonchev–Trinajstić information content (AvgIpc) is 2.72. The first-order valence-electron chi connectivity index (χ1n) is 8.29. The molecule has 1 aromatic carbocycles. The number of hydrogen-bond acceptors (Lipinski definition) is 3. The van der Waals surface area contributed by atoms with Gasteiger partial charge in [-0.3, -0.25) is 10.1 Å². The SMILES string of the molecule is CC(C)(C)CC(=O)Nc1nc2ccc(CO)cc2n1C1CCC1. The summed E-state index contributed by atoms with van der Waals surface area (Å²) >= 11 is 0. The summed E-state index contributed by atoms with van der Waals surface area (Å²) in [5.41, 5.74) is 2.67. The highest BCUT2D eigenvalue weighted by Crippen LogP contribution is 2.37. The van der Waals surface area contributed by atoms with Crippen LogP contribution in [-0.2, 0) is 11.4 Å². The number of nitrogens with one attached hydrogen (secondary N) is 1. The lowest BCUT2D eigenvalue weighted by Crippen LogP contribution is -2.24. The van der Waals surface area contributed by atoms with Crippen molar-refractivity contribution >= 4 is 22.9 Å². The zero-order chi connectivity index (χ0) is 16.6.